The lowest BCUT2D eigenvalue weighted by Crippen LogP contribution is -3.16. The van der Waals surface area contributed by atoms with E-state index in [0.717, 1.165) is 4.90 Å². The van der Waals surface area contributed by atoms with Crippen molar-refractivity contribution in [1.29, 1.82) is 0 Å². The first-order valence-electron chi connectivity index (χ1n) is 8.26. The van der Waals surface area contributed by atoms with Crippen LogP contribution in [0.2, 0.25) is 0 Å². The summed E-state index contributed by atoms with van der Waals surface area (Å²) >= 11 is 5.25. The van der Waals surface area contributed by atoms with E-state index in [2.05, 4.69) is 5.10 Å². The predicted octanol–water partition coefficient (Wildman–Crippen LogP) is 0.688. The van der Waals surface area contributed by atoms with Gasteiger partial charge in [-0.25, -0.2) is 12.8 Å². The normalized spacial score (nSPS) is 20.3. The van der Waals surface area contributed by atoms with E-state index in [1.165, 1.54) is 12.1 Å². The molecule has 2 atom stereocenters. The molecule has 3 rings (SSSR count). The minimum atomic E-state index is -2.99. The molecule has 0 amide bonds. The Bertz CT molecular complexity index is 908. The lowest BCUT2D eigenvalue weighted by molar-refractivity contribution is -0.945. The lowest BCUT2D eigenvalue weighted by Gasteiger charge is -2.24. The van der Waals surface area contributed by atoms with E-state index < -0.39 is 9.84 Å². The molecule has 26 heavy (non-hydrogen) atoms. The highest BCUT2D eigenvalue weighted by Gasteiger charge is 2.35. The molecule has 1 aromatic heterocycles. The zero-order valence-corrected chi connectivity index (χ0v) is 16.0. The summed E-state index contributed by atoms with van der Waals surface area (Å²) < 4.78 is 48.9. The number of aromatic nitrogens is 2. The number of rotatable bonds is 7. The highest BCUT2D eigenvalue weighted by Crippen LogP contribution is 2.18. The lowest BCUT2D eigenvalue weighted by atomic mass is 10.2. The van der Waals surface area contributed by atoms with E-state index in [4.69, 9.17) is 21.4 Å². The van der Waals surface area contributed by atoms with Crippen molar-refractivity contribution in [2.24, 2.45) is 0 Å². The van der Waals surface area contributed by atoms with Gasteiger partial charge in [0.25, 0.3) is 4.84 Å². The van der Waals surface area contributed by atoms with Gasteiger partial charge in [-0.3, -0.25) is 0 Å². The maximum absolute atomic E-state index is 13.1. The quantitative estimate of drug-likeness (QED) is 0.687. The molecular formula is C16H21FN3O4S2+. The van der Waals surface area contributed by atoms with Crippen LogP contribution in [-0.4, -0.2) is 56.0 Å². The van der Waals surface area contributed by atoms with Gasteiger partial charge in [0.1, 0.15) is 24.2 Å². The molecule has 0 saturated carbocycles. The fourth-order valence-corrected chi connectivity index (χ4v) is 5.08. The third kappa shape index (κ3) is 4.56. The maximum atomic E-state index is 13.1. The van der Waals surface area contributed by atoms with Gasteiger partial charge in [-0.15, -0.1) is 5.10 Å². The molecule has 1 aromatic carbocycles. The molecule has 0 spiro atoms. The molecule has 1 aliphatic rings. The second-order valence-corrected chi connectivity index (χ2v) is 8.92. The average molecular weight is 402 g/mol. The van der Waals surface area contributed by atoms with Crippen LogP contribution >= 0.6 is 12.2 Å². The van der Waals surface area contributed by atoms with Crippen LogP contribution in [0.15, 0.2) is 28.7 Å². The highest BCUT2D eigenvalue weighted by atomic mass is 32.2. The van der Waals surface area contributed by atoms with Crippen LogP contribution in [0.4, 0.5) is 4.39 Å². The van der Waals surface area contributed by atoms with Gasteiger partial charge in [-0.2, -0.15) is 4.68 Å². The zero-order chi connectivity index (χ0) is 18.7. The van der Waals surface area contributed by atoms with Gasteiger partial charge in [0, 0.05) is 19.1 Å². The molecule has 0 radical (unpaired) electrons. The molecule has 1 unspecified atom stereocenters. The number of ether oxygens (including phenoxy) is 1. The van der Waals surface area contributed by atoms with Crippen molar-refractivity contribution in [3.05, 3.63) is 34.9 Å². The fraction of sp³-hybridized carbons (Fsp3) is 0.500. The van der Waals surface area contributed by atoms with Crippen LogP contribution < -0.4 is 4.90 Å². The molecule has 1 fully saturated rings. The van der Waals surface area contributed by atoms with Gasteiger partial charge < -0.3 is 14.1 Å². The number of nitrogens with one attached hydrogen (secondary N) is 1. The van der Waals surface area contributed by atoms with Crippen LogP contribution in [0.25, 0.3) is 11.5 Å². The minimum absolute atomic E-state index is 0.0250. The number of hydrogen-bond donors (Lipinski definition) is 1. The number of benzene rings is 1. The van der Waals surface area contributed by atoms with Gasteiger partial charge in [-0.1, -0.05) is 0 Å². The van der Waals surface area contributed by atoms with Crippen LogP contribution in [0, 0.1) is 10.7 Å². The van der Waals surface area contributed by atoms with Crippen molar-refractivity contribution in [3.8, 4) is 11.5 Å². The SMILES string of the molecule is COCC[NH+](Cn1nc(-c2ccc(F)cc2)oc1=S)[C@H]1CCS(=O)(=O)C1. The Balaban J connectivity index is 1.80. The van der Waals surface area contributed by atoms with E-state index in [1.807, 2.05) is 0 Å². The number of hydrogen-bond acceptors (Lipinski definition) is 6. The predicted molar refractivity (Wildman–Crippen MR) is 95.5 cm³/mol. The Labute approximate surface area is 156 Å². The molecule has 0 bridgehead atoms. The topological polar surface area (TPSA) is 78.8 Å². The second kappa shape index (κ2) is 7.95. The Morgan fingerprint density at radius 3 is 2.77 bits per heavy atom. The summed E-state index contributed by atoms with van der Waals surface area (Å²) in [4.78, 5) is 1.23. The van der Waals surface area contributed by atoms with E-state index in [-0.39, 0.29) is 28.2 Å². The van der Waals surface area contributed by atoms with Crippen LogP contribution in [0.3, 0.4) is 0 Å². The van der Waals surface area contributed by atoms with Crippen LogP contribution in [-0.2, 0) is 21.2 Å². The first kappa shape index (κ1) is 19.2. The summed E-state index contributed by atoms with van der Waals surface area (Å²) in [5.74, 6) is 0.325. The van der Waals surface area contributed by atoms with Gasteiger partial charge in [-0.05, 0) is 36.5 Å². The Hall–Kier alpha value is -1.62. The Morgan fingerprint density at radius 2 is 2.15 bits per heavy atom. The van der Waals surface area contributed by atoms with Crippen LogP contribution in [0.5, 0.6) is 0 Å². The maximum Gasteiger partial charge on any atom is 0.292 e. The van der Waals surface area contributed by atoms with Crippen molar-refractivity contribution in [2.75, 3.05) is 31.8 Å². The number of nitrogens with zero attached hydrogens (tertiary/aromatic N) is 2. The summed E-state index contributed by atoms with van der Waals surface area (Å²) in [6, 6.07) is 5.76. The Morgan fingerprint density at radius 1 is 1.42 bits per heavy atom. The third-order valence-corrected chi connectivity index (χ3v) is 6.55. The van der Waals surface area contributed by atoms with Gasteiger partial charge in [0.05, 0.1) is 12.4 Å². The summed E-state index contributed by atoms with van der Waals surface area (Å²) in [5.41, 5.74) is 0.623. The first-order chi connectivity index (χ1) is 12.4. The molecule has 1 aliphatic heterocycles. The van der Waals surface area contributed by atoms with Crippen molar-refractivity contribution in [1.82, 2.24) is 9.78 Å². The monoisotopic (exact) mass is 402 g/mol. The smallest absolute Gasteiger partial charge is 0.292 e. The largest absolute Gasteiger partial charge is 0.409 e. The van der Waals surface area contributed by atoms with E-state index in [9.17, 15) is 12.8 Å². The molecule has 0 aliphatic carbocycles. The molecular weight excluding hydrogens is 381 g/mol. The number of methoxy groups -OCH3 is 1. The van der Waals surface area contributed by atoms with E-state index in [1.54, 1.807) is 23.9 Å². The number of halogens is 1. The van der Waals surface area contributed by atoms with E-state index in [0.29, 0.717) is 37.7 Å². The highest BCUT2D eigenvalue weighted by molar-refractivity contribution is 7.91. The standard InChI is InChI=1S/C16H20FN3O4S2/c1-23-8-7-19(14-6-9-26(21,22)10-14)11-20-16(25)24-15(18-20)12-2-4-13(17)5-3-12/h2-5,14H,6-11H2,1H3/p+1/t14-/m0/s1. The number of sulfone groups is 1. The summed E-state index contributed by atoms with van der Waals surface area (Å²) in [7, 11) is -1.38. The summed E-state index contributed by atoms with van der Waals surface area (Å²) in [5, 5.41) is 4.38. The number of quaternary nitrogens is 1. The molecule has 142 valence electrons. The molecule has 1 saturated heterocycles. The Kier molecular flexibility index (Phi) is 5.86. The zero-order valence-electron chi connectivity index (χ0n) is 14.4. The van der Waals surface area contributed by atoms with Gasteiger partial charge in [0.2, 0.25) is 5.89 Å². The first-order valence-corrected chi connectivity index (χ1v) is 10.5. The fourth-order valence-electron chi connectivity index (χ4n) is 3.07. The molecule has 7 nitrogen and oxygen atoms in total. The van der Waals surface area contributed by atoms with Crippen molar-refractivity contribution in [2.45, 2.75) is 19.1 Å². The summed E-state index contributed by atoms with van der Waals surface area (Å²) in [6.07, 6.45) is 0.609. The molecule has 1 N–H and O–H groups in total. The van der Waals surface area contributed by atoms with Crippen molar-refractivity contribution < 1.29 is 26.9 Å². The second-order valence-electron chi connectivity index (χ2n) is 6.34. The van der Waals surface area contributed by atoms with Crippen molar-refractivity contribution >= 4 is 22.1 Å². The van der Waals surface area contributed by atoms with E-state index >= 15 is 0 Å². The van der Waals surface area contributed by atoms with Gasteiger partial charge in [0.15, 0.2) is 16.5 Å². The molecule has 2 heterocycles. The van der Waals surface area contributed by atoms with Crippen molar-refractivity contribution in [3.63, 3.8) is 0 Å². The summed E-state index contributed by atoms with van der Waals surface area (Å²) in [6.45, 7) is 1.52. The third-order valence-electron chi connectivity index (χ3n) is 4.49. The average Bonchev–Trinajstić information content (AvgIpc) is 3.14. The van der Waals surface area contributed by atoms with Crippen LogP contribution in [0.1, 0.15) is 6.42 Å². The molecule has 10 heteroatoms. The molecule has 2 aromatic rings. The minimum Gasteiger partial charge on any atom is -0.409 e. The van der Waals surface area contributed by atoms with Gasteiger partial charge >= 0.3 is 0 Å².